The molecule has 1 unspecified atom stereocenters. The van der Waals surface area contributed by atoms with Crippen molar-refractivity contribution >= 4 is 17.7 Å². The van der Waals surface area contributed by atoms with E-state index in [0.717, 1.165) is 22.2 Å². The minimum absolute atomic E-state index is 0.141. The predicted octanol–water partition coefficient (Wildman–Crippen LogP) is 3.91. The van der Waals surface area contributed by atoms with Crippen molar-refractivity contribution in [1.82, 2.24) is 19.7 Å². The number of thioether (sulfide) groups is 1. The van der Waals surface area contributed by atoms with Crippen LogP contribution in [0.15, 0.2) is 65.8 Å². The molecule has 0 bridgehead atoms. The first-order valence-electron chi connectivity index (χ1n) is 10.2. The summed E-state index contributed by atoms with van der Waals surface area (Å²) in [6.45, 7) is 6.64. The van der Waals surface area contributed by atoms with Gasteiger partial charge in [-0.2, -0.15) is 0 Å². The summed E-state index contributed by atoms with van der Waals surface area (Å²) in [4.78, 5) is 15.2. The molecule has 1 aromatic heterocycles. The van der Waals surface area contributed by atoms with E-state index in [1.165, 1.54) is 11.8 Å². The van der Waals surface area contributed by atoms with E-state index in [9.17, 15) is 4.79 Å². The fourth-order valence-corrected chi connectivity index (χ4v) is 4.61. The molecule has 1 atom stereocenters. The van der Waals surface area contributed by atoms with Crippen molar-refractivity contribution in [3.63, 3.8) is 0 Å². The molecule has 1 aliphatic rings. The van der Waals surface area contributed by atoms with E-state index in [0.29, 0.717) is 26.3 Å². The summed E-state index contributed by atoms with van der Waals surface area (Å²) in [6, 6.07) is 20.1. The minimum atomic E-state index is -0.238. The van der Waals surface area contributed by atoms with Gasteiger partial charge in [-0.1, -0.05) is 74.1 Å². The number of ether oxygens (including phenoxy) is 1. The number of aromatic nitrogens is 3. The molecule has 0 aliphatic carbocycles. The zero-order valence-corrected chi connectivity index (χ0v) is 18.1. The first-order valence-corrected chi connectivity index (χ1v) is 11.1. The van der Waals surface area contributed by atoms with E-state index in [2.05, 4.69) is 24.0 Å². The summed E-state index contributed by atoms with van der Waals surface area (Å²) >= 11 is 1.49. The van der Waals surface area contributed by atoms with Crippen LogP contribution in [0.5, 0.6) is 0 Å². The molecule has 1 saturated heterocycles. The Hall–Kier alpha value is -2.64. The molecule has 3 aromatic rings. The second-order valence-electron chi connectivity index (χ2n) is 7.56. The highest BCUT2D eigenvalue weighted by atomic mass is 32.2. The molecule has 6 nitrogen and oxygen atoms in total. The Balaban J connectivity index is 1.71. The van der Waals surface area contributed by atoms with Crippen LogP contribution >= 0.6 is 11.8 Å². The van der Waals surface area contributed by atoms with Crippen LogP contribution in [0, 0.1) is 5.92 Å². The zero-order valence-electron chi connectivity index (χ0n) is 17.3. The second-order valence-corrected chi connectivity index (χ2v) is 8.67. The monoisotopic (exact) mass is 422 g/mol. The van der Waals surface area contributed by atoms with E-state index in [-0.39, 0.29) is 17.1 Å². The Morgan fingerprint density at radius 2 is 1.60 bits per heavy atom. The van der Waals surface area contributed by atoms with Crippen LogP contribution in [-0.2, 0) is 9.53 Å². The lowest BCUT2D eigenvalue weighted by Gasteiger charge is -2.31. The largest absolute Gasteiger partial charge is 0.378 e. The maximum Gasteiger partial charge on any atom is 0.236 e. The molecular weight excluding hydrogens is 396 g/mol. The smallest absolute Gasteiger partial charge is 0.236 e. The number of carbonyl (C=O) groups is 1. The quantitative estimate of drug-likeness (QED) is 0.564. The number of para-hydroxylation sites is 1. The number of benzene rings is 2. The van der Waals surface area contributed by atoms with Gasteiger partial charge < -0.3 is 9.64 Å². The van der Waals surface area contributed by atoms with E-state index < -0.39 is 0 Å². The molecule has 1 amide bonds. The Kier molecular flexibility index (Phi) is 6.50. The molecule has 156 valence electrons. The minimum Gasteiger partial charge on any atom is -0.378 e. The van der Waals surface area contributed by atoms with Crippen LogP contribution in [0.3, 0.4) is 0 Å². The highest BCUT2D eigenvalue weighted by molar-refractivity contribution is 8.00. The van der Waals surface area contributed by atoms with E-state index in [1.807, 2.05) is 70.1 Å². The van der Waals surface area contributed by atoms with Gasteiger partial charge in [-0.3, -0.25) is 9.36 Å². The van der Waals surface area contributed by atoms with Crippen molar-refractivity contribution in [3.8, 4) is 17.1 Å². The number of carbonyl (C=O) groups excluding carboxylic acids is 1. The molecule has 0 N–H and O–H groups in total. The summed E-state index contributed by atoms with van der Waals surface area (Å²) in [6.07, 6.45) is 0. The zero-order chi connectivity index (χ0) is 20.9. The third-order valence-electron chi connectivity index (χ3n) is 5.08. The highest BCUT2D eigenvalue weighted by Gasteiger charge is 2.31. The molecule has 1 aliphatic heterocycles. The van der Waals surface area contributed by atoms with E-state index >= 15 is 0 Å². The summed E-state index contributed by atoms with van der Waals surface area (Å²) in [5.41, 5.74) is 1.96. The first kappa shape index (κ1) is 20.6. The van der Waals surface area contributed by atoms with Crippen LogP contribution in [-0.4, -0.2) is 57.1 Å². The topological polar surface area (TPSA) is 60.2 Å². The number of nitrogens with zero attached hydrogens (tertiary/aromatic N) is 4. The van der Waals surface area contributed by atoms with Crippen molar-refractivity contribution in [1.29, 1.82) is 0 Å². The van der Waals surface area contributed by atoms with Crippen LogP contribution in [0.4, 0.5) is 0 Å². The second kappa shape index (κ2) is 9.45. The number of amides is 1. The highest BCUT2D eigenvalue weighted by Crippen LogP contribution is 2.33. The van der Waals surface area contributed by atoms with Gasteiger partial charge in [-0.25, -0.2) is 0 Å². The number of rotatable bonds is 6. The molecule has 7 heteroatoms. The maximum absolute atomic E-state index is 13.3. The first-order chi connectivity index (χ1) is 14.6. The molecule has 30 heavy (non-hydrogen) atoms. The molecule has 0 radical (unpaired) electrons. The van der Waals surface area contributed by atoms with Gasteiger partial charge in [-0.15, -0.1) is 10.2 Å². The van der Waals surface area contributed by atoms with Gasteiger partial charge in [0.15, 0.2) is 11.0 Å². The van der Waals surface area contributed by atoms with Crippen molar-refractivity contribution in [2.75, 3.05) is 26.3 Å². The van der Waals surface area contributed by atoms with Gasteiger partial charge in [0, 0.05) is 24.3 Å². The number of hydrogen-bond donors (Lipinski definition) is 0. The third kappa shape index (κ3) is 4.42. The van der Waals surface area contributed by atoms with Gasteiger partial charge >= 0.3 is 0 Å². The predicted molar refractivity (Wildman–Crippen MR) is 119 cm³/mol. The summed E-state index contributed by atoms with van der Waals surface area (Å²) < 4.78 is 7.45. The van der Waals surface area contributed by atoms with Crippen molar-refractivity contribution in [2.45, 2.75) is 24.3 Å². The summed E-state index contributed by atoms with van der Waals surface area (Å²) in [5.74, 6) is 1.07. The van der Waals surface area contributed by atoms with Gasteiger partial charge in [0.1, 0.15) is 0 Å². The van der Waals surface area contributed by atoms with Crippen LogP contribution < -0.4 is 0 Å². The SMILES string of the molecule is CC(C)C(Sc1nnc(-c2ccccc2)n1-c1ccccc1)C(=O)N1CCOCC1. The van der Waals surface area contributed by atoms with Crippen LogP contribution in [0.1, 0.15) is 13.8 Å². The number of hydrogen-bond acceptors (Lipinski definition) is 5. The molecule has 0 saturated carbocycles. The average Bonchev–Trinajstić information content (AvgIpc) is 3.22. The fourth-order valence-electron chi connectivity index (χ4n) is 3.48. The Labute approximate surface area is 181 Å². The lowest BCUT2D eigenvalue weighted by Crippen LogP contribution is -2.46. The van der Waals surface area contributed by atoms with Gasteiger partial charge in [0.05, 0.1) is 18.5 Å². The standard InChI is InChI=1S/C23H26N4O2S/c1-17(2)20(22(28)26-13-15-29-16-14-26)30-23-25-24-21(18-9-5-3-6-10-18)27(23)19-11-7-4-8-12-19/h3-12,17,20H,13-16H2,1-2H3. The van der Waals surface area contributed by atoms with Crippen LogP contribution in [0.2, 0.25) is 0 Å². The Morgan fingerprint density at radius 3 is 2.23 bits per heavy atom. The van der Waals surface area contributed by atoms with Crippen molar-refractivity contribution in [2.24, 2.45) is 5.92 Å². The Bertz CT molecular complexity index is 969. The molecule has 2 heterocycles. The molecule has 4 rings (SSSR count). The average molecular weight is 423 g/mol. The van der Waals surface area contributed by atoms with Crippen LogP contribution in [0.25, 0.3) is 17.1 Å². The third-order valence-corrected chi connectivity index (χ3v) is 6.56. The normalized spacial score (nSPS) is 15.4. The fraction of sp³-hybridized carbons (Fsp3) is 0.348. The van der Waals surface area contributed by atoms with E-state index in [4.69, 9.17) is 4.74 Å². The van der Waals surface area contributed by atoms with Gasteiger partial charge in [-0.05, 0) is 18.1 Å². The molecule has 1 fully saturated rings. The summed E-state index contributed by atoms with van der Waals surface area (Å²) in [5, 5.41) is 9.48. The van der Waals surface area contributed by atoms with Crippen molar-refractivity contribution < 1.29 is 9.53 Å². The van der Waals surface area contributed by atoms with Gasteiger partial charge in [0.2, 0.25) is 5.91 Å². The lowest BCUT2D eigenvalue weighted by atomic mass is 10.1. The lowest BCUT2D eigenvalue weighted by molar-refractivity contribution is -0.135. The molecule has 2 aromatic carbocycles. The summed E-state index contributed by atoms with van der Waals surface area (Å²) in [7, 11) is 0. The number of morpholine rings is 1. The molecular formula is C23H26N4O2S. The maximum atomic E-state index is 13.3. The molecule has 0 spiro atoms. The van der Waals surface area contributed by atoms with Gasteiger partial charge in [0.25, 0.3) is 0 Å². The Morgan fingerprint density at radius 1 is 0.967 bits per heavy atom. The van der Waals surface area contributed by atoms with Crippen molar-refractivity contribution in [3.05, 3.63) is 60.7 Å². The van der Waals surface area contributed by atoms with E-state index in [1.54, 1.807) is 0 Å².